The highest BCUT2D eigenvalue weighted by atomic mass is 32.1. The molecule has 3 heterocycles. The highest BCUT2D eigenvalue weighted by Crippen LogP contribution is 2.42. The molecule has 13 heteroatoms. The van der Waals surface area contributed by atoms with Crippen LogP contribution >= 0.6 is 11.3 Å². The highest BCUT2D eigenvalue weighted by Gasteiger charge is 2.51. The molecule has 3 atom stereocenters. The van der Waals surface area contributed by atoms with Gasteiger partial charge in [-0.1, -0.05) is 32.9 Å². The van der Waals surface area contributed by atoms with E-state index in [0.29, 0.717) is 34.8 Å². The third-order valence-electron chi connectivity index (χ3n) is 7.26. The van der Waals surface area contributed by atoms with Crippen LogP contribution in [0.5, 0.6) is 0 Å². The number of fused-ring (bicyclic) bond motifs is 1. The number of alkyl halides is 3. The predicted molar refractivity (Wildman–Crippen MR) is 163 cm³/mol. The minimum atomic E-state index is -4.50. The Morgan fingerprint density at radius 2 is 1.75 bits per heavy atom. The third-order valence-corrected chi connectivity index (χ3v) is 8.15. The Balaban J connectivity index is 1.70. The summed E-state index contributed by atoms with van der Waals surface area (Å²) in [7, 11) is 0. The Labute approximate surface area is 259 Å². The van der Waals surface area contributed by atoms with Gasteiger partial charge in [-0.05, 0) is 58.6 Å². The van der Waals surface area contributed by atoms with Gasteiger partial charge in [0.15, 0.2) is 0 Å². The lowest BCUT2D eigenvalue weighted by Gasteiger charge is -2.36. The van der Waals surface area contributed by atoms with Crippen molar-refractivity contribution in [1.82, 2.24) is 25.4 Å². The van der Waals surface area contributed by atoms with Crippen molar-refractivity contribution in [2.45, 2.75) is 97.8 Å². The van der Waals surface area contributed by atoms with Crippen LogP contribution in [0.1, 0.15) is 73.1 Å². The molecule has 4 amide bonds. The molecule has 1 fully saturated rings. The molecule has 4 rings (SSSR count). The number of ether oxygens (including phenoxy) is 1. The number of alkyl carbamates (subject to hydrolysis) is 1. The van der Waals surface area contributed by atoms with E-state index in [4.69, 9.17) is 4.74 Å². The highest BCUT2D eigenvalue weighted by molar-refractivity contribution is 7.13. The zero-order chi connectivity index (χ0) is 32.8. The van der Waals surface area contributed by atoms with E-state index in [0.717, 1.165) is 12.1 Å². The van der Waals surface area contributed by atoms with Crippen molar-refractivity contribution < 1.29 is 32.3 Å². The quantitative estimate of drug-likeness (QED) is 0.390. The average molecular weight is 636 g/mol. The van der Waals surface area contributed by atoms with Gasteiger partial charge in [-0.2, -0.15) is 13.2 Å². The lowest BCUT2D eigenvalue weighted by Crippen LogP contribution is -2.57. The number of hydrogen-bond donors (Lipinski definition) is 2. The van der Waals surface area contributed by atoms with E-state index in [2.05, 4.69) is 15.6 Å². The normalized spacial score (nSPS) is 19.5. The maximum absolute atomic E-state index is 14.2. The molecular weight excluding hydrogens is 595 g/mol. The van der Waals surface area contributed by atoms with Crippen LogP contribution < -0.4 is 10.6 Å². The summed E-state index contributed by atoms with van der Waals surface area (Å²) in [5.74, 6) is -0.332. The summed E-state index contributed by atoms with van der Waals surface area (Å²) in [5.41, 5.74) is -0.845. The second-order valence-corrected chi connectivity index (χ2v) is 14.3. The first-order valence-electron chi connectivity index (χ1n) is 14.5. The molecule has 240 valence electrons. The molecule has 1 aromatic heterocycles. The lowest BCUT2D eigenvalue weighted by atomic mass is 9.85. The number of thiazole rings is 1. The Hall–Kier alpha value is -3.61. The van der Waals surface area contributed by atoms with Crippen molar-refractivity contribution in [2.75, 3.05) is 6.54 Å². The maximum atomic E-state index is 14.2. The summed E-state index contributed by atoms with van der Waals surface area (Å²) in [6.45, 7) is 14.8. The van der Waals surface area contributed by atoms with Crippen molar-refractivity contribution in [3.63, 3.8) is 0 Å². The SMILES string of the molecule is CC(C)NC(=O)N1C=C(c2csc(-c3cccc(C(F)(F)F)c3)n2)C2C1CCN2C(=O)C(NC(=O)OC(C)(C)C)C(C)(C)C. The van der Waals surface area contributed by atoms with Gasteiger partial charge in [0.25, 0.3) is 0 Å². The number of amides is 4. The van der Waals surface area contributed by atoms with Gasteiger partial charge < -0.3 is 20.3 Å². The van der Waals surface area contributed by atoms with Gasteiger partial charge in [0.05, 0.1) is 23.3 Å². The molecule has 1 saturated heterocycles. The fourth-order valence-corrected chi connectivity index (χ4v) is 6.19. The van der Waals surface area contributed by atoms with Crippen LogP contribution in [0.4, 0.5) is 22.8 Å². The monoisotopic (exact) mass is 635 g/mol. The molecule has 2 N–H and O–H groups in total. The first-order valence-corrected chi connectivity index (χ1v) is 15.4. The predicted octanol–water partition coefficient (Wildman–Crippen LogP) is 6.51. The number of urea groups is 1. The zero-order valence-electron chi connectivity index (χ0n) is 26.2. The second kappa shape index (κ2) is 12.1. The number of nitrogens with one attached hydrogen (secondary N) is 2. The largest absolute Gasteiger partial charge is 0.444 e. The van der Waals surface area contributed by atoms with Crippen LogP contribution in [0.3, 0.4) is 0 Å². The number of nitrogens with zero attached hydrogens (tertiary/aromatic N) is 3. The number of hydrogen-bond acceptors (Lipinski definition) is 6. The molecule has 0 spiro atoms. The van der Waals surface area contributed by atoms with Crippen molar-refractivity contribution in [3.05, 3.63) is 47.1 Å². The fraction of sp³-hybridized carbons (Fsp3) is 0.548. The molecule has 2 aliphatic heterocycles. The number of carbonyl (C=O) groups is 3. The number of likely N-dealkylation sites (tertiary alicyclic amines) is 1. The lowest BCUT2D eigenvalue weighted by molar-refractivity contribution is -0.137. The van der Waals surface area contributed by atoms with Gasteiger partial charge in [-0.15, -0.1) is 11.3 Å². The fourth-order valence-electron chi connectivity index (χ4n) is 5.37. The number of benzene rings is 1. The molecular formula is C31H40F3N5O4S. The van der Waals surface area contributed by atoms with Gasteiger partial charge in [-0.25, -0.2) is 14.6 Å². The van der Waals surface area contributed by atoms with Crippen molar-refractivity contribution >= 4 is 34.9 Å². The third kappa shape index (κ3) is 7.36. The van der Waals surface area contributed by atoms with Crippen LogP contribution in [0.25, 0.3) is 16.1 Å². The number of carbonyl (C=O) groups excluding carboxylic acids is 3. The minimum absolute atomic E-state index is 0.132. The van der Waals surface area contributed by atoms with E-state index in [1.54, 1.807) is 48.2 Å². The number of rotatable bonds is 5. The Kier molecular flexibility index (Phi) is 9.12. The van der Waals surface area contributed by atoms with E-state index in [1.165, 1.54) is 17.4 Å². The average Bonchev–Trinajstić information content (AvgIpc) is 3.60. The summed E-state index contributed by atoms with van der Waals surface area (Å²) >= 11 is 1.18. The molecule has 2 aliphatic rings. The first kappa shape index (κ1) is 33.3. The number of halogens is 3. The van der Waals surface area contributed by atoms with Crippen LogP contribution in [0, 0.1) is 5.41 Å². The molecule has 0 bridgehead atoms. The van der Waals surface area contributed by atoms with E-state index in [1.807, 2.05) is 34.6 Å². The maximum Gasteiger partial charge on any atom is 0.416 e. The smallest absolute Gasteiger partial charge is 0.416 e. The topological polar surface area (TPSA) is 104 Å². The van der Waals surface area contributed by atoms with E-state index in [-0.39, 0.29) is 18.0 Å². The van der Waals surface area contributed by atoms with Crippen LogP contribution in [-0.4, -0.2) is 69.1 Å². The number of aromatic nitrogens is 1. The molecule has 0 aliphatic carbocycles. The van der Waals surface area contributed by atoms with Gasteiger partial charge in [-0.3, -0.25) is 9.69 Å². The van der Waals surface area contributed by atoms with Gasteiger partial charge in [0.1, 0.15) is 16.7 Å². The zero-order valence-corrected chi connectivity index (χ0v) is 27.0. The summed E-state index contributed by atoms with van der Waals surface area (Å²) in [6.07, 6.45) is -3.06. The molecule has 9 nitrogen and oxygen atoms in total. The molecule has 1 aromatic carbocycles. The van der Waals surface area contributed by atoms with Gasteiger partial charge >= 0.3 is 18.3 Å². The first-order chi connectivity index (χ1) is 20.3. The van der Waals surface area contributed by atoms with Crippen molar-refractivity contribution in [1.29, 1.82) is 0 Å². The second-order valence-electron chi connectivity index (χ2n) is 13.5. The molecule has 2 aromatic rings. The van der Waals surface area contributed by atoms with Gasteiger partial charge in [0.2, 0.25) is 5.91 Å². The van der Waals surface area contributed by atoms with Crippen LogP contribution in [-0.2, 0) is 15.7 Å². The van der Waals surface area contributed by atoms with Crippen molar-refractivity contribution in [3.8, 4) is 10.6 Å². The van der Waals surface area contributed by atoms with Crippen LogP contribution in [0.15, 0.2) is 35.8 Å². The molecule has 0 saturated carbocycles. The Morgan fingerprint density at radius 1 is 1.07 bits per heavy atom. The van der Waals surface area contributed by atoms with E-state index < -0.39 is 47.0 Å². The standard InChI is InChI=1S/C31H40F3N5O4S/c1-17(2)35-27(41)39-15-20(21-16-44-25(36-21)18-10-9-11-19(14-18)31(32,33)34)23-22(39)12-13-38(23)26(40)24(29(3,4)5)37-28(42)43-30(6,7)8/h9-11,14-17,22-24H,12-13H2,1-8H3,(H,35,41)(H,37,42). The summed E-state index contributed by atoms with van der Waals surface area (Å²) in [5, 5.41) is 7.76. The summed E-state index contributed by atoms with van der Waals surface area (Å²) in [4.78, 5) is 48.1. The Morgan fingerprint density at radius 3 is 2.34 bits per heavy atom. The molecule has 44 heavy (non-hydrogen) atoms. The van der Waals surface area contributed by atoms with Crippen molar-refractivity contribution in [2.24, 2.45) is 5.41 Å². The summed E-state index contributed by atoms with van der Waals surface area (Å²) < 4.78 is 45.6. The molecule has 0 radical (unpaired) electrons. The summed E-state index contributed by atoms with van der Waals surface area (Å²) in [6, 6.07) is 2.59. The minimum Gasteiger partial charge on any atom is -0.444 e. The van der Waals surface area contributed by atoms with Gasteiger partial charge in [0, 0.05) is 35.3 Å². The molecule has 3 unspecified atom stereocenters. The Bertz CT molecular complexity index is 1440. The van der Waals surface area contributed by atoms with E-state index >= 15 is 0 Å². The van der Waals surface area contributed by atoms with Crippen LogP contribution in [0.2, 0.25) is 0 Å². The van der Waals surface area contributed by atoms with E-state index in [9.17, 15) is 27.6 Å².